The molecule has 2 aromatic rings. The molecule has 1 amide bonds. The summed E-state index contributed by atoms with van der Waals surface area (Å²) in [7, 11) is 0. The Labute approximate surface area is 165 Å². The minimum Gasteiger partial charge on any atom is -0.484 e. The lowest BCUT2D eigenvalue weighted by atomic mass is 9.82. The quantitative estimate of drug-likeness (QED) is 0.684. The van der Waals surface area contributed by atoms with Crippen LogP contribution in [0.4, 0.5) is 5.69 Å². The highest BCUT2D eigenvalue weighted by molar-refractivity contribution is 5.92. The largest absolute Gasteiger partial charge is 0.484 e. The minimum atomic E-state index is -0.542. The number of hydrogen-bond acceptors (Lipinski definition) is 5. The molecule has 1 aliphatic rings. The van der Waals surface area contributed by atoms with Crippen molar-refractivity contribution in [1.29, 1.82) is 0 Å². The zero-order valence-electron chi connectivity index (χ0n) is 16.3. The Balaban J connectivity index is 2.18. The predicted molar refractivity (Wildman–Crippen MR) is 110 cm³/mol. The molecule has 0 bridgehead atoms. The number of anilines is 1. The van der Waals surface area contributed by atoms with Crippen LogP contribution in [0.15, 0.2) is 54.1 Å². The molecular weight excluding hydrogens is 354 g/mol. The van der Waals surface area contributed by atoms with Gasteiger partial charge in [0.05, 0.1) is 11.7 Å². The van der Waals surface area contributed by atoms with Crippen LogP contribution in [0.1, 0.15) is 31.4 Å². The van der Waals surface area contributed by atoms with Gasteiger partial charge in [-0.1, -0.05) is 44.2 Å². The molecular formula is C22H27N3O3. The minimum absolute atomic E-state index is 0.203. The zero-order chi connectivity index (χ0) is 20.3. The van der Waals surface area contributed by atoms with Crippen molar-refractivity contribution in [2.75, 3.05) is 18.2 Å². The SMILES string of the molecule is CC(C)CC1C(CN)=C(c2ccccc2)c2cc(OCC(N)=O)ccc2N1O. The molecule has 0 aromatic heterocycles. The first kappa shape index (κ1) is 19.9. The van der Waals surface area contributed by atoms with E-state index in [4.69, 9.17) is 16.2 Å². The summed E-state index contributed by atoms with van der Waals surface area (Å²) in [5, 5.41) is 12.3. The van der Waals surface area contributed by atoms with E-state index >= 15 is 0 Å². The molecule has 0 aliphatic carbocycles. The van der Waals surface area contributed by atoms with Gasteiger partial charge in [-0.05, 0) is 47.2 Å². The fourth-order valence-electron chi connectivity index (χ4n) is 3.69. The van der Waals surface area contributed by atoms with Gasteiger partial charge in [-0.3, -0.25) is 10.0 Å². The van der Waals surface area contributed by atoms with E-state index in [1.807, 2.05) is 36.4 Å². The van der Waals surface area contributed by atoms with E-state index in [0.29, 0.717) is 23.9 Å². The number of amides is 1. The van der Waals surface area contributed by atoms with Gasteiger partial charge in [-0.15, -0.1) is 0 Å². The van der Waals surface area contributed by atoms with Gasteiger partial charge in [-0.25, -0.2) is 5.06 Å². The van der Waals surface area contributed by atoms with Crippen molar-refractivity contribution in [2.24, 2.45) is 17.4 Å². The second kappa shape index (κ2) is 8.46. The Morgan fingerprint density at radius 2 is 1.93 bits per heavy atom. The molecule has 6 nitrogen and oxygen atoms in total. The maximum absolute atomic E-state index is 11.1. The number of rotatable bonds is 7. The number of nitrogens with two attached hydrogens (primary N) is 2. The average Bonchev–Trinajstić information content (AvgIpc) is 2.68. The van der Waals surface area contributed by atoms with Crippen LogP contribution in [-0.2, 0) is 4.79 Å². The first-order valence-electron chi connectivity index (χ1n) is 9.44. The van der Waals surface area contributed by atoms with Gasteiger partial charge in [0, 0.05) is 12.1 Å². The maximum atomic E-state index is 11.1. The van der Waals surface area contributed by atoms with Gasteiger partial charge in [0.2, 0.25) is 0 Å². The summed E-state index contributed by atoms with van der Waals surface area (Å²) in [6, 6.07) is 15.1. The molecule has 5 N–H and O–H groups in total. The van der Waals surface area contributed by atoms with E-state index < -0.39 is 5.91 Å². The van der Waals surface area contributed by atoms with Gasteiger partial charge in [0.1, 0.15) is 5.75 Å². The van der Waals surface area contributed by atoms with Crippen LogP contribution in [0, 0.1) is 5.92 Å². The highest BCUT2D eigenvalue weighted by Crippen LogP contribution is 2.43. The van der Waals surface area contributed by atoms with Crippen molar-refractivity contribution < 1.29 is 14.7 Å². The number of hydrogen-bond donors (Lipinski definition) is 3. The average molecular weight is 381 g/mol. The van der Waals surface area contributed by atoms with E-state index in [2.05, 4.69) is 13.8 Å². The molecule has 0 radical (unpaired) electrons. The monoisotopic (exact) mass is 381 g/mol. The smallest absolute Gasteiger partial charge is 0.255 e. The van der Waals surface area contributed by atoms with Crippen LogP contribution in [0.5, 0.6) is 5.75 Å². The fraction of sp³-hybridized carbons (Fsp3) is 0.318. The molecule has 1 aliphatic heterocycles. The van der Waals surface area contributed by atoms with Crippen molar-refractivity contribution in [1.82, 2.24) is 0 Å². The summed E-state index contributed by atoms with van der Waals surface area (Å²) in [6.45, 7) is 4.37. The van der Waals surface area contributed by atoms with E-state index in [1.54, 1.807) is 12.1 Å². The summed E-state index contributed by atoms with van der Waals surface area (Å²) in [6.07, 6.45) is 0.777. The molecule has 6 heteroatoms. The molecule has 3 rings (SSSR count). The summed E-state index contributed by atoms with van der Waals surface area (Å²) in [4.78, 5) is 11.1. The Kier molecular flexibility index (Phi) is 6.02. The van der Waals surface area contributed by atoms with E-state index in [1.165, 1.54) is 5.06 Å². The fourth-order valence-corrected chi connectivity index (χ4v) is 3.69. The third-order valence-electron chi connectivity index (χ3n) is 4.86. The number of ether oxygens (including phenoxy) is 1. The Bertz CT molecular complexity index is 878. The highest BCUT2D eigenvalue weighted by atomic mass is 16.5. The molecule has 0 spiro atoms. The van der Waals surface area contributed by atoms with Gasteiger partial charge in [0.25, 0.3) is 5.91 Å². The topological polar surface area (TPSA) is 102 Å². The number of hydroxylamine groups is 1. The summed E-state index contributed by atoms with van der Waals surface area (Å²) >= 11 is 0. The molecule has 28 heavy (non-hydrogen) atoms. The van der Waals surface area contributed by atoms with Crippen LogP contribution >= 0.6 is 0 Å². The first-order chi connectivity index (χ1) is 13.4. The van der Waals surface area contributed by atoms with Crippen molar-refractivity contribution in [3.8, 4) is 5.75 Å². The standard InChI is InChI=1S/C22H27N3O3/c1-14(2)10-20-18(12-23)22(15-6-4-3-5-7-15)17-11-16(28-13-21(24)26)8-9-19(17)25(20)27/h3-9,11,14,20,27H,10,12-13,23H2,1-2H3,(H2,24,26). The number of nitrogens with zero attached hydrogens (tertiary/aromatic N) is 1. The molecule has 1 unspecified atom stereocenters. The summed E-state index contributed by atoms with van der Waals surface area (Å²) in [5.41, 5.74) is 15.9. The number of benzene rings is 2. The van der Waals surface area contributed by atoms with Gasteiger partial charge in [-0.2, -0.15) is 0 Å². The third kappa shape index (κ3) is 4.03. The second-order valence-electron chi connectivity index (χ2n) is 7.39. The zero-order valence-corrected chi connectivity index (χ0v) is 16.3. The van der Waals surface area contributed by atoms with Gasteiger partial charge in [0.15, 0.2) is 6.61 Å². The van der Waals surface area contributed by atoms with Crippen LogP contribution < -0.4 is 21.3 Å². The molecule has 1 heterocycles. The lowest BCUT2D eigenvalue weighted by Crippen LogP contribution is -2.41. The van der Waals surface area contributed by atoms with Crippen LogP contribution in [0.3, 0.4) is 0 Å². The number of fused-ring (bicyclic) bond motifs is 1. The number of carbonyl (C=O) groups is 1. The predicted octanol–water partition coefficient (Wildman–Crippen LogP) is 2.94. The van der Waals surface area contributed by atoms with Crippen molar-refractivity contribution in [3.63, 3.8) is 0 Å². The lowest BCUT2D eigenvalue weighted by Gasteiger charge is -2.38. The normalized spacial score (nSPS) is 16.3. The van der Waals surface area contributed by atoms with E-state index in [-0.39, 0.29) is 12.6 Å². The highest BCUT2D eigenvalue weighted by Gasteiger charge is 2.33. The summed E-state index contributed by atoms with van der Waals surface area (Å²) in [5.74, 6) is 0.357. The molecule has 148 valence electrons. The number of carbonyl (C=O) groups excluding carboxylic acids is 1. The lowest BCUT2D eigenvalue weighted by molar-refractivity contribution is -0.119. The molecule has 0 fully saturated rings. The second-order valence-corrected chi connectivity index (χ2v) is 7.39. The van der Waals surface area contributed by atoms with E-state index in [9.17, 15) is 10.0 Å². The van der Waals surface area contributed by atoms with Crippen LogP contribution in [0.25, 0.3) is 5.57 Å². The molecule has 2 aromatic carbocycles. The van der Waals surface area contributed by atoms with Crippen LogP contribution in [-0.4, -0.2) is 30.3 Å². The Morgan fingerprint density at radius 1 is 1.21 bits per heavy atom. The van der Waals surface area contributed by atoms with Crippen molar-refractivity contribution >= 4 is 17.2 Å². The summed E-state index contributed by atoms with van der Waals surface area (Å²) < 4.78 is 5.48. The molecule has 1 atom stereocenters. The van der Waals surface area contributed by atoms with Crippen LogP contribution in [0.2, 0.25) is 0 Å². The molecule has 0 saturated heterocycles. The third-order valence-corrected chi connectivity index (χ3v) is 4.86. The van der Waals surface area contributed by atoms with E-state index in [0.717, 1.165) is 28.7 Å². The van der Waals surface area contributed by atoms with Gasteiger partial charge < -0.3 is 16.2 Å². The molecule has 0 saturated carbocycles. The van der Waals surface area contributed by atoms with Gasteiger partial charge >= 0.3 is 0 Å². The Hall–Kier alpha value is -2.83. The van der Waals surface area contributed by atoms with Crippen molar-refractivity contribution in [3.05, 3.63) is 65.2 Å². The first-order valence-corrected chi connectivity index (χ1v) is 9.44. The van der Waals surface area contributed by atoms with Crippen molar-refractivity contribution in [2.45, 2.75) is 26.3 Å². The Morgan fingerprint density at radius 3 is 2.54 bits per heavy atom. The maximum Gasteiger partial charge on any atom is 0.255 e. The number of primary amides is 1.